The predicted octanol–water partition coefficient (Wildman–Crippen LogP) is 3.95. The Morgan fingerprint density at radius 3 is 2.44 bits per heavy atom. The van der Waals surface area contributed by atoms with Gasteiger partial charge < -0.3 is 9.64 Å². The number of carbonyl (C=O) groups is 2. The molecule has 1 aromatic carbocycles. The van der Waals surface area contributed by atoms with Crippen molar-refractivity contribution in [1.29, 1.82) is 0 Å². The number of pyridine rings is 1. The zero-order chi connectivity index (χ0) is 18.6. The van der Waals surface area contributed by atoms with Crippen molar-refractivity contribution in [2.75, 3.05) is 11.4 Å². The van der Waals surface area contributed by atoms with E-state index in [1.54, 1.807) is 31.7 Å². The van der Waals surface area contributed by atoms with Gasteiger partial charge in [0.25, 0.3) is 5.91 Å². The SMILES string of the molecule is CCN(C(=O)[C@H](C)OC(=O)c1c(C)cc(C)nc1Cl)c1ccccc1. The van der Waals surface area contributed by atoms with Crippen molar-refractivity contribution >= 4 is 29.2 Å². The second kappa shape index (κ2) is 8.12. The number of anilines is 1. The van der Waals surface area contributed by atoms with E-state index >= 15 is 0 Å². The van der Waals surface area contributed by atoms with Gasteiger partial charge in [0.15, 0.2) is 6.10 Å². The molecule has 1 heterocycles. The summed E-state index contributed by atoms with van der Waals surface area (Å²) in [5.74, 6) is -0.948. The number of halogens is 1. The molecular weight excluding hydrogens is 340 g/mol. The topological polar surface area (TPSA) is 59.5 Å². The molecule has 2 aromatic rings. The van der Waals surface area contributed by atoms with Gasteiger partial charge in [0.2, 0.25) is 0 Å². The van der Waals surface area contributed by atoms with Crippen LogP contribution < -0.4 is 4.90 Å². The van der Waals surface area contributed by atoms with Gasteiger partial charge in [0.1, 0.15) is 5.15 Å². The molecule has 25 heavy (non-hydrogen) atoms. The van der Waals surface area contributed by atoms with Gasteiger partial charge in [-0.1, -0.05) is 29.8 Å². The van der Waals surface area contributed by atoms with Crippen molar-refractivity contribution in [3.05, 3.63) is 58.4 Å². The third kappa shape index (κ3) is 4.37. The molecule has 0 aliphatic rings. The number of benzene rings is 1. The maximum absolute atomic E-state index is 12.7. The van der Waals surface area contributed by atoms with Crippen molar-refractivity contribution in [3.8, 4) is 0 Å². The molecule has 6 heteroatoms. The molecule has 132 valence electrons. The Bertz CT molecular complexity index is 754. The Kier molecular flexibility index (Phi) is 6.15. The highest BCUT2D eigenvalue weighted by Crippen LogP contribution is 2.21. The lowest BCUT2D eigenvalue weighted by atomic mass is 10.1. The number of aryl methyl sites for hydroxylation is 2. The average Bonchev–Trinajstić information content (AvgIpc) is 2.55. The second-order valence-electron chi connectivity index (χ2n) is 5.71. The van der Waals surface area contributed by atoms with Crippen LogP contribution in [-0.2, 0) is 9.53 Å². The lowest BCUT2D eigenvalue weighted by Crippen LogP contribution is -2.40. The maximum atomic E-state index is 12.7. The summed E-state index contributed by atoms with van der Waals surface area (Å²) >= 11 is 6.07. The molecule has 0 saturated carbocycles. The third-order valence-corrected chi connectivity index (χ3v) is 4.06. The Hall–Kier alpha value is -2.40. The normalized spacial score (nSPS) is 11.7. The molecule has 0 saturated heterocycles. The van der Waals surface area contributed by atoms with E-state index in [0.717, 1.165) is 5.69 Å². The number of hydrogen-bond donors (Lipinski definition) is 0. The fraction of sp³-hybridized carbons (Fsp3) is 0.316. The molecular formula is C19H21ClN2O3. The average molecular weight is 361 g/mol. The number of likely N-dealkylation sites (N-methyl/N-ethyl adjacent to an activating group) is 1. The van der Waals surface area contributed by atoms with Crippen LogP contribution in [0, 0.1) is 13.8 Å². The summed E-state index contributed by atoms with van der Waals surface area (Å²) in [6.07, 6.45) is -0.940. The monoisotopic (exact) mass is 360 g/mol. The number of rotatable bonds is 5. The van der Waals surface area contributed by atoms with Crippen LogP contribution in [0.3, 0.4) is 0 Å². The van der Waals surface area contributed by atoms with E-state index in [1.807, 2.05) is 37.3 Å². The number of amides is 1. The molecule has 1 aromatic heterocycles. The van der Waals surface area contributed by atoms with E-state index in [4.69, 9.17) is 16.3 Å². The molecule has 0 spiro atoms. The van der Waals surface area contributed by atoms with Gasteiger partial charge in [0, 0.05) is 17.9 Å². The molecule has 0 N–H and O–H groups in total. The first-order valence-electron chi connectivity index (χ1n) is 8.06. The fourth-order valence-electron chi connectivity index (χ4n) is 2.60. The molecule has 0 aliphatic heterocycles. The van der Waals surface area contributed by atoms with Crippen LogP contribution in [0.5, 0.6) is 0 Å². The first-order valence-corrected chi connectivity index (χ1v) is 8.44. The minimum atomic E-state index is -0.940. The Morgan fingerprint density at radius 1 is 1.24 bits per heavy atom. The number of hydrogen-bond acceptors (Lipinski definition) is 4. The highest BCUT2D eigenvalue weighted by Gasteiger charge is 2.26. The van der Waals surface area contributed by atoms with Crippen molar-refractivity contribution in [2.45, 2.75) is 33.8 Å². The zero-order valence-corrected chi connectivity index (χ0v) is 15.5. The van der Waals surface area contributed by atoms with Gasteiger partial charge in [-0.3, -0.25) is 4.79 Å². The molecule has 0 fully saturated rings. The summed E-state index contributed by atoms with van der Waals surface area (Å²) in [7, 11) is 0. The molecule has 0 aliphatic carbocycles. The number of carbonyl (C=O) groups excluding carboxylic acids is 2. The number of para-hydroxylation sites is 1. The third-order valence-electron chi connectivity index (χ3n) is 3.79. The molecule has 2 rings (SSSR count). The molecule has 0 unspecified atom stereocenters. The van der Waals surface area contributed by atoms with Crippen LogP contribution in [0.4, 0.5) is 5.69 Å². The fourth-order valence-corrected chi connectivity index (χ4v) is 2.96. The van der Waals surface area contributed by atoms with Gasteiger partial charge >= 0.3 is 5.97 Å². The standard InChI is InChI=1S/C19H21ClN2O3/c1-5-22(15-9-7-6-8-10-15)18(23)14(4)25-19(24)16-12(2)11-13(3)21-17(16)20/h6-11,14H,5H2,1-4H3/t14-/m0/s1. The zero-order valence-electron chi connectivity index (χ0n) is 14.7. The number of ether oxygens (including phenoxy) is 1. The minimum Gasteiger partial charge on any atom is -0.449 e. The highest BCUT2D eigenvalue weighted by molar-refractivity contribution is 6.32. The lowest BCUT2D eigenvalue weighted by Gasteiger charge is -2.24. The highest BCUT2D eigenvalue weighted by atomic mass is 35.5. The van der Waals surface area contributed by atoms with Crippen LogP contribution in [0.2, 0.25) is 5.15 Å². The van der Waals surface area contributed by atoms with Crippen LogP contribution in [0.1, 0.15) is 35.5 Å². The summed E-state index contributed by atoms with van der Waals surface area (Å²) in [6, 6.07) is 11.0. The van der Waals surface area contributed by atoms with Crippen LogP contribution >= 0.6 is 11.6 Å². The second-order valence-corrected chi connectivity index (χ2v) is 6.07. The predicted molar refractivity (Wildman–Crippen MR) is 98.1 cm³/mol. The first kappa shape index (κ1) is 18.9. The van der Waals surface area contributed by atoms with Gasteiger partial charge in [-0.2, -0.15) is 0 Å². The Balaban J connectivity index is 2.17. The Morgan fingerprint density at radius 2 is 1.88 bits per heavy atom. The summed E-state index contributed by atoms with van der Waals surface area (Å²) in [6.45, 7) is 7.43. The molecule has 5 nitrogen and oxygen atoms in total. The van der Waals surface area contributed by atoms with Gasteiger partial charge in [0.05, 0.1) is 5.56 Å². The van der Waals surface area contributed by atoms with E-state index in [2.05, 4.69) is 4.98 Å². The summed E-state index contributed by atoms with van der Waals surface area (Å²) in [5, 5.41) is 0.0811. The summed E-state index contributed by atoms with van der Waals surface area (Å²) in [4.78, 5) is 30.8. The first-order chi connectivity index (χ1) is 11.8. The van der Waals surface area contributed by atoms with E-state index in [9.17, 15) is 9.59 Å². The maximum Gasteiger partial charge on any atom is 0.342 e. The molecule has 0 bridgehead atoms. The summed E-state index contributed by atoms with van der Waals surface area (Å²) in [5.41, 5.74) is 2.32. The number of esters is 1. The minimum absolute atomic E-state index is 0.0811. The smallest absolute Gasteiger partial charge is 0.342 e. The Labute approximate surface area is 152 Å². The molecule has 1 amide bonds. The quantitative estimate of drug-likeness (QED) is 0.598. The van der Waals surface area contributed by atoms with E-state index in [-0.39, 0.29) is 16.6 Å². The molecule has 1 atom stereocenters. The van der Waals surface area contributed by atoms with Crippen molar-refractivity contribution in [3.63, 3.8) is 0 Å². The van der Waals surface area contributed by atoms with Gasteiger partial charge in [-0.25, -0.2) is 9.78 Å². The van der Waals surface area contributed by atoms with Crippen LogP contribution in [0.25, 0.3) is 0 Å². The van der Waals surface area contributed by atoms with Gasteiger partial charge in [-0.15, -0.1) is 0 Å². The van der Waals surface area contributed by atoms with E-state index < -0.39 is 12.1 Å². The van der Waals surface area contributed by atoms with E-state index in [1.165, 1.54) is 0 Å². The largest absolute Gasteiger partial charge is 0.449 e. The van der Waals surface area contributed by atoms with Crippen molar-refractivity contribution < 1.29 is 14.3 Å². The lowest BCUT2D eigenvalue weighted by molar-refractivity contribution is -0.126. The summed E-state index contributed by atoms with van der Waals surface area (Å²) < 4.78 is 5.35. The van der Waals surface area contributed by atoms with Crippen molar-refractivity contribution in [1.82, 2.24) is 4.98 Å². The molecule has 0 radical (unpaired) electrons. The van der Waals surface area contributed by atoms with Gasteiger partial charge in [-0.05, 0) is 51.5 Å². The number of nitrogens with zero attached hydrogens (tertiary/aromatic N) is 2. The number of aromatic nitrogens is 1. The van der Waals surface area contributed by atoms with E-state index in [0.29, 0.717) is 17.8 Å². The van der Waals surface area contributed by atoms with Crippen LogP contribution in [0.15, 0.2) is 36.4 Å². The van der Waals surface area contributed by atoms with Crippen LogP contribution in [-0.4, -0.2) is 29.5 Å². The van der Waals surface area contributed by atoms with Crippen molar-refractivity contribution in [2.24, 2.45) is 0 Å².